The minimum Gasteiger partial charge on any atom is -0.457 e. The summed E-state index contributed by atoms with van der Waals surface area (Å²) in [7, 11) is 0. The molecule has 0 radical (unpaired) electrons. The number of nitrogens with zero attached hydrogens (tertiary/aromatic N) is 2. The van der Waals surface area contributed by atoms with Crippen LogP contribution < -0.4 is 0 Å². The maximum Gasteiger partial charge on any atom is 0.343 e. The fourth-order valence-electron chi connectivity index (χ4n) is 2.33. The molecule has 0 aliphatic carbocycles. The Labute approximate surface area is 143 Å². The molecule has 0 fully saturated rings. The van der Waals surface area contributed by atoms with Crippen molar-refractivity contribution in [2.24, 2.45) is 0 Å². The second-order valence-electron chi connectivity index (χ2n) is 5.12. The highest BCUT2D eigenvalue weighted by atomic mass is 35.5. The van der Waals surface area contributed by atoms with Crippen molar-refractivity contribution in [1.82, 2.24) is 4.57 Å². The summed E-state index contributed by atoms with van der Waals surface area (Å²) in [4.78, 5) is 12.4. The maximum absolute atomic E-state index is 12.4. The van der Waals surface area contributed by atoms with E-state index in [1.54, 1.807) is 60.3 Å². The summed E-state index contributed by atoms with van der Waals surface area (Å²) in [5.41, 5.74) is 1.11. The third-order valence-electron chi connectivity index (χ3n) is 3.50. The van der Waals surface area contributed by atoms with Gasteiger partial charge in [-0.2, -0.15) is 5.26 Å². The molecule has 24 heavy (non-hydrogen) atoms. The van der Waals surface area contributed by atoms with E-state index in [1.807, 2.05) is 6.07 Å². The van der Waals surface area contributed by atoms with Crippen LogP contribution in [-0.2, 0) is 11.3 Å². The van der Waals surface area contributed by atoms with Gasteiger partial charge in [-0.15, -0.1) is 0 Å². The third kappa shape index (κ3) is 3.05. The highest BCUT2D eigenvalue weighted by Gasteiger charge is 2.25. The average molecular weight is 341 g/mol. The lowest BCUT2D eigenvalue weighted by Crippen LogP contribution is -2.08. The van der Waals surface area contributed by atoms with Gasteiger partial charge in [-0.3, -0.25) is 4.57 Å². The zero-order valence-electron chi connectivity index (χ0n) is 12.8. The predicted molar refractivity (Wildman–Crippen MR) is 88.1 cm³/mol. The number of aromatic nitrogens is 1. The number of hydrogen-bond donors (Lipinski definition) is 0. The topological polar surface area (TPSA) is 68.2 Å². The number of rotatable bonds is 4. The molecule has 0 aliphatic rings. The fraction of sp³-hybridized carbons (Fsp3) is 0.111. The van der Waals surface area contributed by atoms with Crippen LogP contribution in [0.5, 0.6) is 0 Å². The smallest absolute Gasteiger partial charge is 0.343 e. The first kappa shape index (κ1) is 15.9. The fourth-order valence-corrected chi connectivity index (χ4v) is 2.46. The Hall–Kier alpha value is -2.97. The van der Waals surface area contributed by atoms with Crippen LogP contribution in [0.1, 0.15) is 27.2 Å². The van der Waals surface area contributed by atoms with Gasteiger partial charge in [0.15, 0.2) is 0 Å². The first-order chi connectivity index (χ1) is 11.6. The van der Waals surface area contributed by atoms with Crippen molar-refractivity contribution in [3.05, 3.63) is 76.3 Å². The molecule has 0 aliphatic heterocycles. The van der Waals surface area contributed by atoms with Crippen LogP contribution in [0, 0.1) is 18.3 Å². The molecule has 3 rings (SSSR count). The molecule has 2 heterocycles. The summed E-state index contributed by atoms with van der Waals surface area (Å²) in [5, 5.41) is 10.0. The molecule has 6 heteroatoms. The van der Waals surface area contributed by atoms with Crippen molar-refractivity contribution in [2.45, 2.75) is 13.5 Å². The van der Waals surface area contributed by atoms with E-state index >= 15 is 0 Å². The van der Waals surface area contributed by atoms with E-state index in [0.717, 1.165) is 5.56 Å². The molecule has 0 bridgehead atoms. The van der Waals surface area contributed by atoms with Gasteiger partial charge in [-0.25, -0.2) is 4.79 Å². The van der Waals surface area contributed by atoms with Crippen molar-refractivity contribution in [2.75, 3.05) is 0 Å². The van der Waals surface area contributed by atoms with E-state index in [9.17, 15) is 10.1 Å². The normalized spacial score (nSPS) is 10.4. The van der Waals surface area contributed by atoms with E-state index in [4.69, 9.17) is 20.8 Å². The molecule has 0 unspecified atom stereocenters. The van der Waals surface area contributed by atoms with Gasteiger partial charge in [0.1, 0.15) is 29.6 Å². The number of aryl methyl sites for hydroxylation is 1. The molecular formula is C18H13ClN2O3. The molecule has 120 valence electrons. The Kier molecular flexibility index (Phi) is 4.41. The molecule has 0 saturated carbocycles. The quantitative estimate of drug-likeness (QED) is 0.665. The second-order valence-corrected chi connectivity index (χ2v) is 5.55. The van der Waals surface area contributed by atoms with Crippen LogP contribution >= 0.6 is 11.6 Å². The predicted octanol–water partition coefficient (Wildman–Crippen LogP) is 4.26. The molecule has 1 aromatic carbocycles. The standard InChI is InChI=1S/C18H13ClN2O3/c1-12-16(15(10-20)17(24-12)21-8-2-3-9-21)18(22)23-11-13-4-6-14(19)7-5-13/h2-9H,11H2,1H3. The third-order valence-corrected chi connectivity index (χ3v) is 3.76. The first-order valence-electron chi connectivity index (χ1n) is 7.18. The largest absolute Gasteiger partial charge is 0.457 e. The SMILES string of the molecule is Cc1oc(-n2cccc2)c(C#N)c1C(=O)OCc1ccc(Cl)cc1. The number of furan rings is 1. The minimum absolute atomic E-state index is 0.0876. The molecule has 3 aromatic rings. The molecular weight excluding hydrogens is 328 g/mol. The highest BCUT2D eigenvalue weighted by molar-refractivity contribution is 6.30. The zero-order valence-corrected chi connectivity index (χ0v) is 13.6. The van der Waals surface area contributed by atoms with E-state index in [0.29, 0.717) is 16.7 Å². The number of nitriles is 1. The zero-order chi connectivity index (χ0) is 17.1. The lowest BCUT2D eigenvalue weighted by molar-refractivity contribution is 0.0470. The molecule has 2 aromatic heterocycles. The lowest BCUT2D eigenvalue weighted by atomic mass is 10.1. The molecule has 0 atom stereocenters. The minimum atomic E-state index is -0.596. The van der Waals surface area contributed by atoms with Crippen molar-refractivity contribution in [3.8, 4) is 12.0 Å². The van der Waals surface area contributed by atoms with E-state index < -0.39 is 5.97 Å². The summed E-state index contributed by atoms with van der Waals surface area (Å²) >= 11 is 5.82. The molecule has 0 saturated heterocycles. The highest BCUT2D eigenvalue weighted by Crippen LogP contribution is 2.26. The van der Waals surface area contributed by atoms with Crippen molar-refractivity contribution in [1.29, 1.82) is 5.26 Å². The van der Waals surface area contributed by atoms with E-state index in [-0.39, 0.29) is 17.7 Å². The summed E-state index contributed by atoms with van der Waals surface area (Å²) in [6.45, 7) is 1.72. The summed E-state index contributed by atoms with van der Waals surface area (Å²) in [6, 6.07) is 12.6. The van der Waals surface area contributed by atoms with Gasteiger partial charge in [-0.1, -0.05) is 23.7 Å². The summed E-state index contributed by atoms with van der Waals surface area (Å²) in [5.74, 6) is 0.0518. The Morgan fingerprint density at radius 1 is 1.29 bits per heavy atom. The Balaban J connectivity index is 1.85. The van der Waals surface area contributed by atoms with Gasteiger partial charge < -0.3 is 9.15 Å². The van der Waals surface area contributed by atoms with Crippen LogP contribution in [0.3, 0.4) is 0 Å². The molecule has 0 spiro atoms. The van der Waals surface area contributed by atoms with Gasteiger partial charge in [0.25, 0.3) is 0 Å². The Bertz CT molecular complexity index is 903. The number of benzene rings is 1. The Morgan fingerprint density at radius 2 is 1.96 bits per heavy atom. The van der Waals surface area contributed by atoms with Crippen molar-refractivity contribution in [3.63, 3.8) is 0 Å². The van der Waals surface area contributed by atoms with Gasteiger partial charge in [0, 0.05) is 17.4 Å². The van der Waals surface area contributed by atoms with Gasteiger partial charge in [-0.05, 0) is 36.8 Å². The van der Waals surface area contributed by atoms with Gasteiger partial charge in [0.05, 0.1) is 0 Å². The van der Waals surface area contributed by atoms with E-state index in [1.165, 1.54) is 0 Å². The molecule has 0 N–H and O–H groups in total. The van der Waals surface area contributed by atoms with Crippen LogP contribution in [0.2, 0.25) is 5.02 Å². The number of carbonyl (C=O) groups excluding carboxylic acids is 1. The number of carbonyl (C=O) groups is 1. The number of ether oxygens (including phenoxy) is 1. The Morgan fingerprint density at radius 3 is 2.58 bits per heavy atom. The maximum atomic E-state index is 12.4. The van der Waals surface area contributed by atoms with Crippen LogP contribution in [-0.4, -0.2) is 10.5 Å². The molecule has 5 nitrogen and oxygen atoms in total. The summed E-state index contributed by atoms with van der Waals surface area (Å²) in [6.07, 6.45) is 3.48. The number of halogens is 1. The van der Waals surface area contributed by atoms with Gasteiger partial charge in [0.2, 0.25) is 5.88 Å². The van der Waals surface area contributed by atoms with Crippen molar-refractivity contribution >= 4 is 17.6 Å². The number of esters is 1. The van der Waals surface area contributed by atoms with Crippen LogP contribution in [0.15, 0.2) is 53.2 Å². The molecule has 0 amide bonds. The monoisotopic (exact) mass is 340 g/mol. The van der Waals surface area contributed by atoms with Crippen LogP contribution in [0.4, 0.5) is 0 Å². The first-order valence-corrected chi connectivity index (χ1v) is 7.56. The van der Waals surface area contributed by atoms with Gasteiger partial charge >= 0.3 is 5.97 Å². The van der Waals surface area contributed by atoms with E-state index in [2.05, 4.69) is 0 Å². The average Bonchev–Trinajstić information content (AvgIpc) is 3.21. The second kappa shape index (κ2) is 6.65. The van der Waals surface area contributed by atoms with Crippen LogP contribution in [0.25, 0.3) is 5.88 Å². The van der Waals surface area contributed by atoms with Crippen molar-refractivity contribution < 1.29 is 13.9 Å². The number of hydrogen-bond acceptors (Lipinski definition) is 4. The summed E-state index contributed by atoms with van der Waals surface area (Å²) < 4.78 is 12.5. The lowest BCUT2D eigenvalue weighted by Gasteiger charge is -2.04.